The third-order valence-corrected chi connectivity index (χ3v) is 3.73. The van der Waals surface area contributed by atoms with Crippen LogP contribution in [-0.4, -0.2) is 30.6 Å². The molecule has 0 aliphatic carbocycles. The first kappa shape index (κ1) is 15.6. The van der Waals surface area contributed by atoms with Crippen molar-refractivity contribution in [2.75, 3.05) is 5.73 Å². The minimum absolute atomic E-state index is 0.0796. The molecule has 1 unspecified atom stereocenters. The van der Waals surface area contributed by atoms with Crippen molar-refractivity contribution >= 4 is 11.7 Å². The van der Waals surface area contributed by atoms with Crippen molar-refractivity contribution in [2.45, 2.75) is 13.0 Å². The quantitative estimate of drug-likeness (QED) is 0.741. The van der Waals surface area contributed by atoms with E-state index in [1.54, 1.807) is 0 Å². The summed E-state index contributed by atoms with van der Waals surface area (Å²) in [6.07, 6.45) is 2.86. The van der Waals surface area contributed by atoms with Crippen molar-refractivity contribution in [1.29, 1.82) is 0 Å². The molecule has 0 aliphatic rings. The van der Waals surface area contributed by atoms with E-state index in [1.807, 2.05) is 48.9 Å². The number of carbonyl (C=O) groups excluding carboxylic acids is 1. The molecule has 0 fully saturated rings. The van der Waals surface area contributed by atoms with Crippen LogP contribution in [0.25, 0.3) is 0 Å². The molecule has 2 heterocycles. The van der Waals surface area contributed by atoms with Gasteiger partial charge in [-0.1, -0.05) is 30.3 Å². The maximum Gasteiger partial charge on any atom is 0.274 e. The molecule has 0 saturated heterocycles. The number of anilines is 1. The van der Waals surface area contributed by atoms with Gasteiger partial charge in [-0.15, -0.1) is 10.2 Å². The van der Waals surface area contributed by atoms with E-state index in [0.29, 0.717) is 5.82 Å². The average molecular weight is 323 g/mol. The van der Waals surface area contributed by atoms with E-state index in [2.05, 4.69) is 25.5 Å². The molecular weight excluding hydrogens is 306 g/mol. The van der Waals surface area contributed by atoms with Crippen LogP contribution in [0.2, 0.25) is 0 Å². The summed E-state index contributed by atoms with van der Waals surface area (Å²) in [4.78, 5) is 20.5. The lowest BCUT2D eigenvalue weighted by molar-refractivity contribution is 0.0936. The molecule has 0 aliphatic heterocycles. The van der Waals surface area contributed by atoms with E-state index < -0.39 is 11.9 Å². The average Bonchev–Trinajstić information content (AvgIpc) is 2.93. The van der Waals surface area contributed by atoms with Crippen LogP contribution in [0.4, 0.5) is 5.82 Å². The normalized spacial score (nSPS) is 11.9. The SMILES string of the molecule is Cc1nnc(C(NC(=O)c2nccnc2N)c2ccccc2)n1C. The van der Waals surface area contributed by atoms with Gasteiger partial charge in [0.2, 0.25) is 0 Å². The zero-order chi connectivity index (χ0) is 17.1. The molecule has 8 heteroatoms. The highest BCUT2D eigenvalue weighted by molar-refractivity contribution is 5.96. The van der Waals surface area contributed by atoms with Gasteiger partial charge in [0, 0.05) is 19.4 Å². The van der Waals surface area contributed by atoms with Gasteiger partial charge in [0.05, 0.1) is 0 Å². The van der Waals surface area contributed by atoms with Gasteiger partial charge in [-0.2, -0.15) is 0 Å². The third-order valence-electron chi connectivity index (χ3n) is 3.73. The number of nitrogen functional groups attached to an aromatic ring is 1. The molecule has 1 amide bonds. The zero-order valence-electron chi connectivity index (χ0n) is 13.3. The number of aromatic nitrogens is 5. The van der Waals surface area contributed by atoms with Crippen LogP contribution in [0.1, 0.15) is 33.7 Å². The molecule has 24 heavy (non-hydrogen) atoms. The second-order valence-corrected chi connectivity index (χ2v) is 5.27. The number of hydrogen-bond donors (Lipinski definition) is 2. The Bertz CT molecular complexity index is 860. The second kappa shape index (κ2) is 6.45. The Balaban J connectivity index is 1.98. The molecule has 3 aromatic rings. The van der Waals surface area contributed by atoms with Crippen LogP contribution in [0.5, 0.6) is 0 Å². The summed E-state index contributed by atoms with van der Waals surface area (Å²) in [5.41, 5.74) is 6.70. The maximum absolute atomic E-state index is 12.6. The summed E-state index contributed by atoms with van der Waals surface area (Å²) < 4.78 is 1.83. The van der Waals surface area contributed by atoms with Gasteiger partial charge < -0.3 is 15.6 Å². The zero-order valence-corrected chi connectivity index (χ0v) is 13.3. The van der Waals surface area contributed by atoms with Gasteiger partial charge in [-0.05, 0) is 12.5 Å². The smallest absolute Gasteiger partial charge is 0.274 e. The molecular formula is C16H17N7O. The second-order valence-electron chi connectivity index (χ2n) is 5.27. The van der Waals surface area contributed by atoms with Crippen molar-refractivity contribution in [3.05, 3.63) is 65.6 Å². The summed E-state index contributed by atoms with van der Waals surface area (Å²) in [7, 11) is 1.85. The van der Waals surface area contributed by atoms with E-state index >= 15 is 0 Å². The highest BCUT2D eigenvalue weighted by atomic mass is 16.2. The molecule has 0 radical (unpaired) electrons. The number of nitrogens with one attached hydrogen (secondary N) is 1. The Morgan fingerprint density at radius 2 is 1.88 bits per heavy atom. The van der Waals surface area contributed by atoms with E-state index in [1.165, 1.54) is 12.4 Å². The number of carbonyl (C=O) groups is 1. The molecule has 0 bridgehead atoms. The van der Waals surface area contributed by atoms with Crippen LogP contribution < -0.4 is 11.1 Å². The molecule has 3 rings (SSSR count). The van der Waals surface area contributed by atoms with E-state index in [4.69, 9.17) is 5.73 Å². The molecule has 0 saturated carbocycles. The van der Waals surface area contributed by atoms with E-state index in [9.17, 15) is 4.79 Å². The fourth-order valence-corrected chi connectivity index (χ4v) is 2.34. The van der Waals surface area contributed by atoms with Gasteiger partial charge >= 0.3 is 0 Å². The summed E-state index contributed by atoms with van der Waals surface area (Å²) in [6, 6.07) is 9.05. The van der Waals surface area contributed by atoms with Crippen LogP contribution in [0.3, 0.4) is 0 Å². The summed E-state index contributed by atoms with van der Waals surface area (Å²) in [5, 5.41) is 11.2. The van der Waals surface area contributed by atoms with Gasteiger partial charge in [-0.25, -0.2) is 9.97 Å². The molecule has 1 atom stereocenters. The van der Waals surface area contributed by atoms with Crippen LogP contribution in [-0.2, 0) is 7.05 Å². The Kier molecular flexibility index (Phi) is 4.19. The third kappa shape index (κ3) is 2.94. The van der Waals surface area contributed by atoms with Gasteiger partial charge in [0.1, 0.15) is 11.9 Å². The fraction of sp³-hybridized carbons (Fsp3) is 0.188. The summed E-state index contributed by atoms with van der Waals surface area (Å²) in [6.45, 7) is 1.85. The fourth-order valence-electron chi connectivity index (χ4n) is 2.34. The number of aryl methyl sites for hydroxylation is 1. The van der Waals surface area contributed by atoms with Crippen molar-refractivity contribution in [3.63, 3.8) is 0 Å². The minimum atomic E-state index is -0.480. The Morgan fingerprint density at radius 1 is 1.17 bits per heavy atom. The first-order chi connectivity index (χ1) is 11.6. The van der Waals surface area contributed by atoms with Crippen molar-refractivity contribution in [1.82, 2.24) is 30.0 Å². The van der Waals surface area contributed by atoms with Crippen molar-refractivity contribution < 1.29 is 4.79 Å². The summed E-state index contributed by atoms with van der Waals surface area (Å²) >= 11 is 0. The standard InChI is InChI=1S/C16H17N7O/c1-10-21-22-15(23(10)2)12(11-6-4-3-5-7-11)20-16(24)13-14(17)19-9-8-18-13/h3-9,12H,1-2H3,(H2,17,19)(H,20,24). The van der Waals surface area contributed by atoms with Crippen LogP contribution in [0.15, 0.2) is 42.7 Å². The highest BCUT2D eigenvalue weighted by Gasteiger charge is 2.24. The lowest BCUT2D eigenvalue weighted by atomic mass is 10.1. The number of rotatable bonds is 4. The minimum Gasteiger partial charge on any atom is -0.382 e. The van der Waals surface area contributed by atoms with Gasteiger partial charge in [-0.3, -0.25) is 4.79 Å². The number of benzene rings is 1. The first-order valence-corrected chi connectivity index (χ1v) is 7.36. The number of hydrogen-bond acceptors (Lipinski definition) is 6. The maximum atomic E-state index is 12.6. The number of nitrogens with two attached hydrogens (primary N) is 1. The lowest BCUT2D eigenvalue weighted by Gasteiger charge is -2.18. The topological polar surface area (TPSA) is 112 Å². The molecule has 2 aromatic heterocycles. The molecule has 3 N–H and O–H groups in total. The van der Waals surface area contributed by atoms with Crippen LogP contribution >= 0.6 is 0 Å². The lowest BCUT2D eigenvalue weighted by Crippen LogP contribution is -2.32. The monoisotopic (exact) mass is 323 g/mol. The molecule has 122 valence electrons. The Morgan fingerprint density at radius 3 is 2.50 bits per heavy atom. The highest BCUT2D eigenvalue weighted by Crippen LogP contribution is 2.21. The van der Waals surface area contributed by atoms with E-state index in [0.717, 1.165) is 11.4 Å². The predicted molar refractivity (Wildman–Crippen MR) is 87.9 cm³/mol. The predicted octanol–water partition coefficient (Wildman–Crippen LogP) is 1.02. The van der Waals surface area contributed by atoms with Gasteiger partial charge in [0.15, 0.2) is 17.3 Å². The van der Waals surface area contributed by atoms with Crippen LogP contribution in [0, 0.1) is 6.92 Å². The Labute approximate surface area is 138 Å². The largest absolute Gasteiger partial charge is 0.382 e. The molecule has 1 aromatic carbocycles. The number of nitrogens with zero attached hydrogens (tertiary/aromatic N) is 5. The van der Waals surface area contributed by atoms with Crippen molar-refractivity contribution in [2.24, 2.45) is 7.05 Å². The van der Waals surface area contributed by atoms with Gasteiger partial charge in [0.25, 0.3) is 5.91 Å². The summed E-state index contributed by atoms with van der Waals surface area (Å²) in [5.74, 6) is 1.03. The number of amides is 1. The van der Waals surface area contributed by atoms with E-state index in [-0.39, 0.29) is 11.5 Å². The molecule has 0 spiro atoms. The molecule has 8 nitrogen and oxygen atoms in total. The van der Waals surface area contributed by atoms with Crippen molar-refractivity contribution in [3.8, 4) is 0 Å². The first-order valence-electron chi connectivity index (χ1n) is 7.36. The Hall–Kier alpha value is -3.29.